The van der Waals surface area contributed by atoms with Crippen molar-refractivity contribution in [1.82, 2.24) is 0 Å². The smallest absolute Gasteiger partial charge is 0.259 e. The standard InChI is InChI=1S/C48H76B2N2O2/c1-5-9-13-17-19-23-27-37(25-21-15-11-7-3)35-51-43-33-39(49)29-31-41(43)45(47(51)53)46-42-32-30-40(50)34-44(42)52(48(46)54)36-38(26-22-16-12-8-4)28-24-20-18-14-10-6-2/h29-34,37-38H,5-28,35-36,49-50H2,1-4H3/b46-45+. The van der Waals surface area contributed by atoms with Crippen LogP contribution in [0.25, 0.3) is 11.1 Å². The average Bonchev–Trinajstić information content (AvgIpc) is 3.57. The highest BCUT2D eigenvalue weighted by molar-refractivity contribution is 6.50. The zero-order chi connectivity index (χ0) is 38.7. The number of anilines is 2. The molecule has 2 amide bonds. The summed E-state index contributed by atoms with van der Waals surface area (Å²) in [5, 5.41) is 0. The molecule has 2 aromatic carbocycles. The van der Waals surface area contributed by atoms with Crippen molar-refractivity contribution in [2.75, 3.05) is 22.9 Å². The molecule has 0 aromatic heterocycles. The van der Waals surface area contributed by atoms with Gasteiger partial charge in [0.15, 0.2) is 0 Å². The number of amides is 2. The molecule has 2 aliphatic rings. The first-order chi connectivity index (χ1) is 26.3. The average molecular weight is 735 g/mol. The van der Waals surface area contributed by atoms with Crippen molar-refractivity contribution in [3.8, 4) is 0 Å². The molecule has 2 atom stereocenters. The van der Waals surface area contributed by atoms with Crippen LogP contribution >= 0.6 is 0 Å². The van der Waals surface area contributed by atoms with Crippen LogP contribution in [-0.4, -0.2) is 40.6 Å². The van der Waals surface area contributed by atoms with Crippen LogP contribution in [0.1, 0.15) is 193 Å². The van der Waals surface area contributed by atoms with E-state index in [0.29, 0.717) is 23.0 Å². The SMILES string of the molecule is Bc1ccc2c(c1)N(CC(CCCCCC)CCCCCCCC)C(=O)/C2=C1/C(=O)N(CC(CCCCCC)CCCCCCCC)c2cc(B)ccc21. The lowest BCUT2D eigenvalue weighted by atomic mass is 9.89. The van der Waals surface area contributed by atoms with E-state index in [4.69, 9.17) is 0 Å². The molecule has 296 valence electrons. The normalized spacial score (nSPS) is 16.4. The van der Waals surface area contributed by atoms with Gasteiger partial charge in [0.25, 0.3) is 11.8 Å². The van der Waals surface area contributed by atoms with E-state index in [1.54, 1.807) is 0 Å². The highest BCUT2D eigenvalue weighted by Crippen LogP contribution is 2.47. The van der Waals surface area contributed by atoms with E-state index in [9.17, 15) is 9.59 Å². The summed E-state index contributed by atoms with van der Waals surface area (Å²) in [6, 6.07) is 12.9. The molecular weight excluding hydrogens is 658 g/mol. The Balaban J connectivity index is 1.63. The van der Waals surface area contributed by atoms with Gasteiger partial charge in [-0.25, -0.2) is 0 Å². The Kier molecular flexibility index (Phi) is 19.6. The van der Waals surface area contributed by atoms with Crippen LogP contribution < -0.4 is 20.7 Å². The van der Waals surface area contributed by atoms with E-state index in [0.717, 1.165) is 46.5 Å². The van der Waals surface area contributed by atoms with Gasteiger partial charge in [-0.05, 0) is 49.7 Å². The van der Waals surface area contributed by atoms with Crippen LogP contribution in [0, 0.1) is 11.8 Å². The first-order valence-electron chi connectivity index (χ1n) is 22.9. The molecule has 4 rings (SSSR count). The topological polar surface area (TPSA) is 40.6 Å². The summed E-state index contributed by atoms with van der Waals surface area (Å²) >= 11 is 0. The molecule has 4 nitrogen and oxygen atoms in total. The number of rotatable bonds is 28. The fourth-order valence-electron chi connectivity index (χ4n) is 9.03. The Morgan fingerprint density at radius 1 is 0.444 bits per heavy atom. The fraction of sp³-hybridized carbons (Fsp3) is 0.667. The van der Waals surface area contributed by atoms with Crippen molar-refractivity contribution < 1.29 is 9.59 Å². The molecule has 0 saturated heterocycles. The summed E-state index contributed by atoms with van der Waals surface area (Å²) in [6.45, 7) is 10.6. The van der Waals surface area contributed by atoms with Crippen molar-refractivity contribution in [2.45, 2.75) is 182 Å². The highest BCUT2D eigenvalue weighted by Gasteiger charge is 2.43. The zero-order valence-electron chi connectivity index (χ0n) is 35.7. The Bertz CT molecular complexity index is 1380. The molecule has 0 aliphatic carbocycles. The lowest BCUT2D eigenvalue weighted by Gasteiger charge is -2.25. The van der Waals surface area contributed by atoms with E-state index < -0.39 is 0 Å². The molecule has 0 N–H and O–H groups in total. The number of nitrogens with zero attached hydrogens (tertiary/aromatic N) is 2. The van der Waals surface area contributed by atoms with E-state index >= 15 is 0 Å². The van der Waals surface area contributed by atoms with Gasteiger partial charge in [0.05, 0.1) is 22.5 Å². The monoisotopic (exact) mass is 735 g/mol. The summed E-state index contributed by atoms with van der Waals surface area (Å²) < 4.78 is 0. The second-order valence-corrected chi connectivity index (χ2v) is 17.2. The third kappa shape index (κ3) is 12.6. The van der Waals surface area contributed by atoms with Gasteiger partial charge in [-0.2, -0.15) is 0 Å². The molecule has 0 radical (unpaired) electrons. The maximum absolute atomic E-state index is 14.9. The van der Waals surface area contributed by atoms with Crippen LogP contribution in [0.5, 0.6) is 0 Å². The van der Waals surface area contributed by atoms with E-state index in [1.807, 2.05) is 0 Å². The Morgan fingerprint density at radius 3 is 1.07 bits per heavy atom. The van der Waals surface area contributed by atoms with Crippen molar-refractivity contribution in [1.29, 1.82) is 0 Å². The summed E-state index contributed by atoms with van der Waals surface area (Å²) in [5.74, 6) is 0.987. The van der Waals surface area contributed by atoms with E-state index in [-0.39, 0.29) is 11.8 Å². The molecule has 2 heterocycles. The molecule has 0 bridgehead atoms. The lowest BCUT2D eigenvalue weighted by Crippen LogP contribution is -2.34. The van der Waals surface area contributed by atoms with Crippen molar-refractivity contribution in [3.05, 3.63) is 47.5 Å². The minimum atomic E-state index is 0.0250. The summed E-state index contributed by atoms with van der Waals surface area (Å²) in [4.78, 5) is 34.0. The number of carbonyl (C=O) groups is 2. The quantitative estimate of drug-likeness (QED) is 0.0496. The van der Waals surface area contributed by atoms with Crippen LogP contribution in [0.2, 0.25) is 0 Å². The molecule has 2 aromatic rings. The second-order valence-electron chi connectivity index (χ2n) is 17.2. The molecule has 0 spiro atoms. The molecule has 2 unspecified atom stereocenters. The summed E-state index contributed by atoms with van der Waals surface area (Å²) in [6.07, 6.45) is 30.2. The number of fused-ring (bicyclic) bond motifs is 2. The first kappa shape index (κ1) is 44.0. The van der Waals surface area contributed by atoms with Crippen LogP contribution in [0.3, 0.4) is 0 Å². The van der Waals surface area contributed by atoms with Crippen LogP contribution in [0.15, 0.2) is 36.4 Å². The fourth-order valence-corrected chi connectivity index (χ4v) is 9.03. The van der Waals surface area contributed by atoms with Crippen molar-refractivity contribution >= 4 is 61.0 Å². The third-order valence-electron chi connectivity index (χ3n) is 12.3. The third-order valence-corrected chi connectivity index (χ3v) is 12.3. The van der Waals surface area contributed by atoms with Crippen LogP contribution in [-0.2, 0) is 9.59 Å². The number of carbonyl (C=O) groups excluding carboxylic acids is 2. The van der Waals surface area contributed by atoms with Gasteiger partial charge in [-0.3, -0.25) is 9.59 Å². The number of benzene rings is 2. The van der Waals surface area contributed by atoms with E-state index in [1.165, 1.54) is 154 Å². The second kappa shape index (κ2) is 24.0. The van der Waals surface area contributed by atoms with Crippen LogP contribution in [0.4, 0.5) is 11.4 Å². The Hall–Kier alpha value is -2.75. The Labute approximate surface area is 333 Å². The maximum atomic E-state index is 14.9. The Morgan fingerprint density at radius 2 is 0.741 bits per heavy atom. The molecular formula is C48H76B2N2O2. The van der Waals surface area contributed by atoms with Crippen molar-refractivity contribution in [3.63, 3.8) is 0 Å². The number of hydrogen-bond acceptors (Lipinski definition) is 2. The minimum absolute atomic E-state index is 0.0250. The van der Waals surface area contributed by atoms with Crippen molar-refractivity contribution in [2.24, 2.45) is 11.8 Å². The van der Waals surface area contributed by atoms with Gasteiger partial charge < -0.3 is 9.80 Å². The van der Waals surface area contributed by atoms with Gasteiger partial charge in [0.1, 0.15) is 15.7 Å². The van der Waals surface area contributed by atoms with Gasteiger partial charge in [0.2, 0.25) is 0 Å². The predicted octanol–water partition coefficient (Wildman–Crippen LogP) is 10.5. The zero-order valence-corrected chi connectivity index (χ0v) is 35.7. The number of unbranched alkanes of at least 4 members (excludes halogenated alkanes) is 16. The molecule has 0 fully saturated rings. The number of hydrogen-bond donors (Lipinski definition) is 0. The molecule has 2 aliphatic heterocycles. The largest absolute Gasteiger partial charge is 0.307 e. The van der Waals surface area contributed by atoms with Gasteiger partial charge >= 0.3 is 0 Å². The van der Waals surface area contributed by atoms with Gasteiger partial charge in [0, 0.05) is 24.2 Å². The maximum Gasteiger partial charge on any atom is 0.259 e. The van der Waals surface area contributed by atoms with E-state index in [2.05, 4.69) is 89.6 Å². The summed E-state index contributed by atoms with van der Waals surface area (Å²) in [7, 11) is 4.25. The lowest BCUT2D eigenvalue weighted by molar-refractivity contribution is -0.114. The van der Waals surface area contributed by atoms with Gasteiger partial charge in [-0.15, -0.1) is 0 Å². The first-order valence-corrected chi connectivity index (χ1v) is 22.9. The molecule has 6 heteroatoms. The minimum Gasteiger partial charge on any atom is -0.307 e. The molecule has 0 saturated carbocycles. The van der Waals surface area contributed by atoms with Gasteiger partial charge in [-0.1, -0.05) is 191 Å². The highest BCUT2D eigenvalue weighted by atomic mass is 16.2. The molecule has 54 heavy (non-hydrogen) atoms. The summed E-state index contributed by atoms with van der Waals surface area (Å²) in [5.41, 5.74) is 7.45. The predicted molar refractivity (Wildman–Crippen MR) is 241 cm³/mol.